The summed E-state index contributed by atoms with van der Waals surface area (Å²) in [6, 6.07) is 7.55. The van der Waals surface area contributed by atoms with Gasteiger partial charge in [-0.1, -0.05) is 53.7 Å². The van der Waals surface area contributed by atoms with Crippen molar-refractivity contribution in [3.8, 4) is 11.3 Å². The van der Waals surface area contributed by atoms with E-state index in [2.05, 4.69) is 50.0 Å². The number of rotatable bonds is 6. The number of nitrogens with one attached hydrogen (secondary N) is 2. The zero-order valence-corrected chi connectivity index (χ0v) is 17.6. The van der Waals surface area contributed by atoms with E-state index < -0.39 is 11.3 Å². The van der Waals surface area contributed by atoms with Crippen LogP contribution in [0.2, 0.25) is 0 Å². The van der Waals surface area contributed by atoms with E-state index in [1.165, 1.54) is 18.8 Å². The number of carbonyl (C=O) groups is 2. The lowest BCUT2D eigenvalue weighted by molar-refractivity contribution is -0.119. The molecule has 0 aliphatic heterocycles. The summed E-state index contributed by atoms with van der Waals surface area (Å²) in [4.78, 5) is 28.0. The molecule has 140 valence electrons. The second-order valence-corrected chi connectivity index (χ2v) is 8.49. The van der Waals surface area contributed by atoms with Gasteiger partial charge >= 0.3 is 6.03 Å². The maximum absolute atomic E-state index is 12.1. The van der Waals surface area contributed by atoms with Crippen LogP contribution in [-0.4, -0.2) is 33.8 Å². The zero-order valence-electron chi connectivity index (χ0n) is 15.2. The van der Waals surface area contributed by atoms with Gasteiger partial charge in [0.05, 0.1) is 17.1 Å². The molecule has 0 aliphatic carbocycles. The summed E-state index contributed by atoms with van der Waals surface area (Å²) in [5.41, 5.74) is 2.07. The third kappa shape index (κ3) is 5.35. The molecule has 0 radical (unpaired) electrons. The summed E-state index contributed by atoms with van der Waals surface area (Å²) >= 11 is 4.79. The van der Waals surface area contributed by atoms with Crippen molar-refractivity contribution in [1.82, 2.24) is 20.2 Å². The van der Waals surface area contributed by atoms with Gasteiger partial charge in [-0.2, -0.15) is 0 Å². The number of hydrogen-bond acceptors (Lipinski definition) is 4. The summed E-state index contributed by atoms with van der Waals surface area (Å²) in [5.74, 6) is 0.0754. The summed E-state index contributed by atoms with van der Waals surface area (Å²) in [6.07, 6.45) is 1.83. The third-order valence-electron chi connectivity index (χ3n) is 3.62. The van der Waals surface area contributed by atoms with Crippen molar-refractivity contribution < 1.29 is 9.59 Å². The number of carbonyl (C=O) groups excluding carboxylic acids is 2. The maximum atomic E-state index is 12.1. The highest BCUT2D eigenvalue weighted by Crippen LogP contribution is 2.30. The standard InChI is InChI=1S/C18H23BrN4O2S/c1-11(2)10-23-15(13-5-7-14(19)8-6-13)9-21-18(23)26-12(3)16(24)22-17(25)20-4/h5-9,11-12H,10H2,1-4H3,(H2,20,22,24,25). The lowest BCUT2D eigenvalue weighted by Gasteiger charge is -2.16. The molecule has 0 fully saturated rings. The van der Waals surface area contributed by atoms with Crippen molar-refractivity contribution >= 4 is 39.6 Å². The second-order valence-electron chi connectivity index (χ2n) is 6.27. The number of imidazole rings is 1. The number of aromatic nitrogens is 2. The Labute approximate surface area is 166 Å². The molecule has 1 atom stereocenters. The summed E-state index contributed by atoms with van der Waals surface area (Å²) in [7, 11) is 1.47. The molecule has 0 spiro atoms. The third-order valence-corrected chi connectivity index (χ3v) is 5.25. The first-order valence-corrected chi connectivity index (χ1v) is 9.99. The first kappa shape index (κ1) is 20.5. The Bertz CT molecular complexity index is 774. The van der Waals surface area contributed by atoms with Crippen LogP contribution in [0.1, 0.15) is 20.8 Å². The Balaban J connectivity index is 2.26. The molecule has 26 heavy (non-hydrogen) atoms. The minimum atomic E-state index is -0.511. The van der Waals surface area contributed by atoms with Gasteiger partial charge in [-0.05, 0) is 30.5 Å². The number of thioether (sulfide) groups is 1. The van der Waals surface area contributed by atoms with Crippen LogP contribution in [0.15, 0.2) is 40.1 Å². The van der Waals surface area contributed by atoms with Crippen LogP contribution in [0.25, 0.3) is 11.3 Å². The highest BCUT2D eigenvalue weighted by Gasteiger charge is 2.21. The normalized spacial score (nSPS) is 12.1. The van der Waals surface area contributed by atoms with E-state index in [0.29, 0.717) is 5.92 Å². The van der Waals surface area contributed by atoms with Gasteiger partial charge in [0.2, 0.25) is 5.91 Å². The second kappa shape index (κ2) is 9.23. The number of nitrogens with zero attached hydrogens (tertiary/aromatic N) is 2. The van der Waals surface area contributed by atoms with Crippen molar-refractivity contribution in [2.24, 2.45) is 5.92 Å². The molecule has 1 unspecified atom stereocenters. The average Bonchev–Trinajstić information content (AvgIpc) is 2.97. The molecule has 1 aromatic heterocycles. The van der Waals surface area contributed by atoms with E-state index in [1.54, 1.807) is 6.92 Å². The van der Waals surface area contributed by atoms with E-state index in [4.69, 9.17) is 0 Å². The lowest BCUT2D eigenvalue weighted by atomic mass is 10.1. The number of halogens is 1. The molecule has 1 heterocycles. The zero-order chi connectivity index (χ0) is 19.3. The summed E-state index contributed by atoms with van der Waals surface area (Å²) in [6.45, 7) is 6.83. The Morgan fingerprint density at radius 1 is 1.23 bits per heavy atom. The molecular weight excluding hydrogens is 416 g/mol. The van der Waals surface area contributed by atoms with Gasteiger partial charge < -0.3 is 9.88 Å². The first-order chi connectivity index (χ1) is 12.3. The van der Waals surface area contributed by atoms with E-state index in [0.717, 1.165) is 27.4 Å². The van der Waals surface area contributed by atoms with Crippen LogP contribution in [-0.2, 0) is 11.3 Å². The van der Waals surface area contributed by atoms with Gasteiger partial charge in [-0.15, -0.1) is 0 Å². The van der Waals surface area contributed by atoms with Crippen LogP contribution in [0.3, 0.4) is 0 Å². The topological polar surface area (TPSA) is 76.0 Å². The molecular formula is C18H23BrN4O2S. The minimum absolute atomic E-state index is 0.348. The van der Waals surface area contributed by atoms with Crippen molar-refractivity contribution in [3.05, 3.63) is 34.9 Å². The van der Waals surface area contributed by atoms with Gasteiger partial charge in [-0.25, -0.2) is 9.78 Å². The Morgan fingerprint density at radius 2 is 1.88 bits per heavy atom. The average molecular weight is 439 g/mol. The number of amides is 3. The number of hydrogen-bond donors (Lipinski definition) is 2. The van der Waals surface area contributed by atoms with Gasteiger partial charge in [0.25, 0.3) is 0 Å². The maximum Gasteiger partial charge on any atom is 0.321 e. The van der Waals surface area contributed by atoms with E-state index in [1.807, 2.05) is 30.5 Å². The molecule has 0 saturated heterocycles. The van der Waals surface area contributed by atoms with Gasteiger partial charge in [0, 0.05) is 18.1 Å². The fraction of sp³-hybridized carbons (Fsp3) is 0.389. The number of benzene rings is 1. The first-order valence-electron chi connectivity index (χ1n) is 8.32. The quantitative estimate of drug-likeness (QED) is 0.670. The van der Waals surface area contributed by atoms with E-state index >= 15 is 0 Å². The molecule has 1 aromatic carbocycles. The predicted molar refractivity (Wildman–Crippen MR) is 108 cm³/mol. The fourth-order valence-corrected chi connectivity index (χ4v) is 3.49. The Hall–Kier alpha value is -1.80. The van der Waals surface area contributed by atoms with Gasteiger partial charge in [0.15, 0.2) is 5.16 Å². The largest absolute Gasteiger partial charge is 0.341 e. The number of urea groups is 1. The van der Waals surface area contributed by atoms with Crippen LogP contribution < -0.4 is 10.6 Å². The van der Waals surface area contributed by atoms with Crippen LogP contribution in [0.5, 0.6) is 0 Å². The van der Waals surface area contributed by atoms with Crippen molar-refractivity contribution in [3.63, 3.8) is 0 Å². The van der Waals surface area contributed by atoms with Crippen LogP contribution in [0, 0.1) is 5.92 Å². The van der Waals surface area contributed by atoms with Crippen LogP contribution in [0.4, 0.5) is 4.79 Å². The highest BCUT2D eigenvalue weighted by atomic mass is 79.9. The molecule has 0 bridgehead atoms. The molecule has 2 N–H and O–H groups in total. The van der Waals surface area contributed by atoms with Gasteiger partial charge in [0.1, 0.15) is 0 Å². The van der Waals surface area contributed by atoms with Crippen LogP contribution >= 0.6 is 27.7 Å². The monoisotopic (exact) mass is 438 g/mol. The SMILES string of the molecule is CNC(=O)NC(=O)C(C)Sc1ncc(-c2ccc(Br)cc2)n1CC(C)C. The van der Waals surface area contributed by atoms with E-state index in [9.17, 15) is 9.59 Å². The molecule has 2 rings (SSSR count). The summed E-state index contributed by atoms with van der Waals surface area (Å²) in [5, 5.41) is 4.99. The molecule has 0 aliphatic rings. The highest BCUT2D eigenvalue weighted by molar-refractivity contribution is 9.10. The molecule has 8 heteroatoms. The Kier molecular flexibility index (Phi) is 7.28. The molecule has 0 saturated carbocycles. The molecule has 2 aromatic rings. The summed E-state index contributed by atoms with van der Waals surface area (Å²) < 4.78 is 3.15. The van der Waals surface area contributed by atoms with E-state index in [-0.39, 0.29) is 5.91 Å². The molecule has 6 nitrogen and oxygen atoms in total. The van der Waals surface area contributed by atoms with Crippen molar-refractivity contribution in [2.75, 3.05) is 7.05 Å². The molecule has 3 amide bonds. The smallest absolute Gasteiger partial charge is 0.321 e. The van der Waals surface area contributed by atoms with Crippen molar-refractivity contribution in [2.45, 2.75) is 37.7 Å². The Morgan fingerprint density at radius 3 is 2.46 bits per heavy atom. The van der Waals surface area contributed by atoms with Gasteiger partial charge in [-0.3, -0.25) is 10.1 Å². The lowest BCUT2D eigenvalue weighted by Crippen LogP contribution is -2.41. The minimum Gasteiger partial charge on any atom is -0.341 e. The fourth-order valence-electron chi connectivity index (χ4n) is 2.33. The van der Waals surface area contributed by atoms with Crippen molar-refractivity contribution in [1.29, 1.82) is 0 Å². The number of imide groups is 1. The predicted octanol–water partition coefficient (Wildman–Crippen LogP) is 3.90.